The number of rotatable bonds is 5. The van der Waals surface area contributed by atoms with Crippen molar-refractivity contribution in [2.75, 3.05) is 14.2 Å². The summed E-state index contributed by atoms with van der Waals surface area (Å²) in [6.45, 7) is 2.49. The number of aliphatic imine (C=N–C) groups is 1. The number of hydrogen-bond donors (Lipinski definition) is 0. The molecule has 1 aromatic carbocycles. The van der Waals surface area contributed by atoms with Crippen molar-refractivity contribution < 1.29 is 9.47 Å². The van der Waals surface area contributed by atoms with Crippen LogP contribution >= 0.6 is 11.6 Å². The molecular weight excluding hydrogens is 226 g/mol. The van der Waals surface area contributed by atoms with Crippen molar-refractivity contribution in [1.82, 2.24) is 0 Å². The van der Waals surface area contributed by atoms with E-state index in [2.05, 4.69) is 4.99 Å². The molecule has 0 amide bonds. The average Bonchev–Trinajstić information content (AvgIpc) is 2.30. The second-order valence-electron chi connectivity index (χ2n) is 3.39. The summed E-state index contributed by atoms with van der Waals surface area (Å²) in [7, 11) is 3.19. The van der Waals surface area contributed by atoms with Crippen molar-refractivity contribution in [2.24, 2.45) is 4.99 Å². The first-order chi connectivity index (χ1) is 7.67. The van der Waals surface area contributed by atoms with Gasteiger partial charge in [-0.2, -0.15) is 0 Å². The lowest BCUT2D eigenvalue weighted by molar-refractivity contribution is -0.0524. The summed E-state index contributed by atoms with van der Waals surface area (Å²) in [5.74, 6) is 0. The quantitative estimate of drug-likeness (QED) is 0.586. The van der Waals surface area contributed by atoms with Crippen LogP contribution in [0, 0.1) is 0 Å². The number of hydrogen-bond acceptors (Lipinski definition) is 3. The predicted octanol–water partition coefficient (Wildman–Crippen LogP) is 2.92. The van der Waals surface area contributed by atoms with Crippen LogP contribution in [0.1, 0.15) is 12.5 Å². The largest absolute Gasteiger partial charge is 0.351 e. The average molecular weight is 242 g/mol. The third-order valence-corrected chi connectivity index (χ3v) is 2.45. The molecule has 88 valence electrons. The smallest absolute Gasteiger partial charge is 0.195 e. The molecular formula is C12H16ClNO2. The fraction of sp³-hybridized carbons (Fsp3) is 0.417. The maximum absolute atomic E-state index is 5.79. The van der Waals surface area contributed by atoms with E-state index in [1.807, 2.05) is 31.2 Å². The molecule has 0 unspecified atom stereocenters. The van der Waals surface area contributed by atoms with Crippen molar-refractivity contribution in [2.45, 2.75) is 19.8 Å². The highest BCUT2D eigenvalue weighted by molar-refractivity contribution is 6.30. The molecule has 0 aliphatic rings. The number of ether oxygens (including phenoxy) is 2. The van der Waals surface area contributed by atoms with Crippen LogP contribution in [0.25, 0.3) is 0 Å². The van der Waals surface area contributed by atoms with E-state index in [1.165, 1.54) is 0 Å². The molecule has 0 aromatic heterocycles. The van der Waals surface area contributed by atoms with Crippen molar-refractivity contribution >= 4 is 17.3 Å². The summed E-state index contributed by atoms with van der Waals surface area (Å²) in [5.41, 5.74) is 1.93. The van der Waals surface area contributed by atoms with Gasteiger partial charge in [0.2, 0.25) is 0 Å². The van der Waals surface area contributed by atoms with Crippen LogP contribution < -0.4 is 0 Å². The number of halogens is 1. The molecule has 0 radical (unpaired) electrons. The van der Waals surface area contributed by atoms with Crippen molar-refractivity contribution in [1.29, 1.82) is 0 Å². The van der Waals surface area contributed by atoms with E-state index in [9.17, 15) is 0 Å². The van der Waals surface area contributed by atoms with E-state index >= 15 is 0 Å². The molecule has 0 atom stereocenters. The Kier molecular flexibility index (Phi) is 5.46. The number of methoxy groups -OCH3 is 2. The van der Waals surface area contributed by atoms with Gasteiger partial charge in [-0.05, 0) is 24.6 Å². The minimum absolute atomic E-state index is 0.368. The molecule has 0 N–H and O–H groups in total. The van der Waals surface area contributed by atoms with Gasteiger partial charge in [-0.3, -0.25) is 4.99 Å². The van der Waals surface area contributed by atoms with Crippen LogP contribution in [-0.2, 0) is 16.0 Å². The third-order valence-electron chi connectivity index (χ3n) is 2.19. The van der Waals surface area contributed by atoms with Crippen LogP contribution in [-0.4, -0.2) is 26.2 Å². The van der Waals surface area contributed by atoms with Crippen molar-refractivity contribution in [3.63, 3.8) is 0 Å². The fourth-order valence-corrected chi connectivity index (χ4v) is 1.44. The van der Waals surface area contributed by atoms with Crippen LogP contribution in [0.5, 0.6) is 0 Å². The summed E-state index contributed by atoms with van der Waals surface area (Å²) in [4.78, 5) is 4.39. The Labute approximate surface area is 101 Å². The van der Waals surface area contributed by atoms with Crippen LogP contribution in [0.4, 0.5) is 0 Å². The maximum atomic E-state index is 5.79. The molecule has 0 saturated carbocycles. The molecule has 0 aliphatic heterocycles. The summed E-state index contributed by atoms with van der Waals surface area (Å²) in [6.07, 6.45) is -0.368. The Balaban J connectivity index is 2.61. The second kappa shape index (κ2) is 6.63. The third kappa shape index (κ3) is 3.93. The van der Waals surface area contributed by atoms with Gasteiger partial charge in [-0.15, -0.1) is 0 Å². The van der Waals surface area contributed by atoms with Gasteiger partial charge in [0, 0.05) is 19.2 Å². The van der Waals surface area contributed by atoms with Gasteiger partial charge in [-0.1, -0.05) is 23.7 Å². The van der Waals surface area contributed by atoms with Crippen molar-refractivity contribution in [3.8, 4) is 0 Å². The first kappa shape index (κ1) is 13.2. The lowest BCUT2D eigenvalue weighted by atomic mass is 10.2. The topological polar surface area (TPSA) is 30.8 Å². The Morgan fingerprint density at radius 2 is 1.81 bits per heavy atom. The van der Waals surface area contributed by atoms with Crippen LogP contribution in [0.2, 0.25) is 5.02 Å². The Morgan fingerprint density at radius 1 is 1.25 bits per heavy atom. The lowest BCUT2D eigenvalue weighted by Gasteiger charge is -2.12. The Hall–Kier alpha value is -0.900. The van der Waals surface area contributed by atoms with Crippen molar-refractivity contribution in [3.05, 3.63) is 34.9 Å². The SMILES string of the molecule is COC(OC)C(C)=NCc1ccc(Cl)cc1. The fourth-order valence-electron chi connectivity index (χ4n) is 1.32. The maximum Gasteiger partial charge on any atom is 0.195 e. The zero-order chi connectivity index (χ0) is 12.0. The molecule has 16 heavy (non-hydrogen) atoms. The monoisotopic (exact) mass is 241 g/mol. The van der Waals surface area contributed by atoms with E-state index in [1.54, 1.807) is 14.2 Å². The number of nitrogens with zero attached hydrogens (tertiary/aromatic N) is 1. The van der Waals surface area contributed by atoms with Gasteiger partial charge < -0.3 is 9.47 Å². The molecule has 0 heterocycles. The molecule has 1 rings (SSSR count). The summed E-state index contributed by atoms with van der Waals surface area (Å²) < 4.78 is 10.2. The lowest BCUT2D eigenvalue weighted by Crippen LogP contribution is -2.22. The molecule has 0 aliphatic carbocycles. The van der Waals surface area contributed by atoms with Gasteiger partial charge in [0.05, 0.1) is 12.3 Å². The highest BCUT2D eigenvalue weighted by atomic mass is 35.5. The van der Waals surface area contributed by atoms with Gasteiger partial charge >= 0.3 is 0 Å². The van der Waals surface area contributed by atoms with E-state index < -0.39 is 0 Å². The molecule has 0 spiro atoms. The molecule has 0 saturated heterocycles. The first-order valence-corrected chi connectivity index (χ1v) is 5.36. The number of benzene rings is 1. The zero-order valence-electron chi connectivity index (χ0n) is 9.74. The molecule has 3 nitrogen and oxygen atoms in total. The highest BCUT2D eigenvalue weighted by Gasteiger charge is 2.08. The van der Waals surface area contributed by atoms with Gasteiger partial charge in [-0.25, -0.2) is 0 Å². The summed E-state index contributed by atoms with van der Waals surface area (Å²) >= 11 is 5.79. The normalized spacial score (nSPS) is 12.2. The zero-order valence-corrected chi connectivity index (χ0v) is 10.5. The van der Waals surface area contributed by atoms with Crippen LogP contribution in [0.15, 0.2) is 29.3 Å². The van der Waals surface area contributed by atoms with E-state index in [0.717, 1.165) is 16.3 Å². The first-order valence-electron chi connectivity index (χ1n) is 4.98. The molecule has 0 bridgehead atoms. The minimum Gasteiger partial charge on any atom is -0.351 e. The van der Waals surface area contributed by atoms with Gasteiger partial charge in [0.1, 0.15) is 0 Å². The molecule has 4 heteroatoms. The van der Waals surface area contributed by atoms with E-state index in [0.29, 0.717) is 6.54 Å². The summed E-state index contributed by atoms with van der Waals surface area (Å²) in [5, 5.41) is 0.733. The van der Waals surface area contributed by atoms with E-state index in [4.69, 9.17) is 21.1 Å². The second-order valence-corrected chi connectivity index (χ2v) is 3.82. The summed E-state index contributed by atoms with van der Waals surface area (Å²) in [6, 6.07) is 7.61. The minimum atomic E-state index is -0.368. The molecule has 0 fully saturated rings. The van der Waals surface area contributed by atoms with Gasteiger partial charge in [0.15, 0.2) is 6.29 Å². The van der Waals surface area contributed by atoms with E-state index in [-0.39, 0.29) is 6.29 Å². The Morgan fingerprint density at radius 3 is 2.31 bits per heavy atom. The standard InChI is InChI=1S/C12H16ClNO2/c1-9(12(15-2)16-3)14-8-10-4-6-11(13)7-5-10/h4-7,12H,8H2,1-3H3. The molecule has 1 aromatic rings. The van der Waals surface area contributed by atoms with Gasteiger partial charge in [0.25, 0.3) is 0 Å². The predicted molar refractivity (Wildman–Crippen MR) is 66.1 cm³/mol. The van der Waals surface area contributed by atoms with Crippen LogP contribution in [0.3, 0.4) is 0 Å². The Bertz CT molecular complexity index is 345. The highest BCUT2D eigenvalue weighted by Crippen LogP contribution is 2.10.